The molecule has 0 saturated carbocycles. The normalized spacial score (nSPS) is 12.1. The van der Waals surface area contributed by atoms with E-state index < -0.39 is 0 Å². The highest BCUT2D eigenvalue weighted by Gasteiger charge is 2.11. The van der Waals surface area contributed by atoms with Gasteiger partial charge in [0, 0.05) is 0 Å². The molecule has 1 N–H and O–H groups in total. The summed E-state index contributed by atoms with van der Waals surface area (Å²) in [5, 5.41) is 0. The van der Waals surface area contributed by atoms with Gasteiger partial charge in [-0.1, -0.05) is 42.5 Å². The van der Waals surface area contributed by atoms with E-state index in [0.717, 1.165) is 16.9 Å². The van der Waals surface area contributed by atoms with Crippen molar-refractivity contribution >= 4 is 11.8 Å². The lowest BCUT2D eigenvalue weighted by Crippen LogP contribution is -2.12. The lowest BCUT2D eigenvalue weighted by molar-refractivity contribution is 0.414. The summed E-state index contributed by atoms with van der Waals surface area (Å²) >= 11 is 5.83. The van der Waals surface area contributed by atoms with Crippen molar-refractivity contribution in [3.05, 3.63) is 65.7 Å². The molecule has 0 aromatic heterocycles. The Balaban J connectivity index is 2.29. The third-order valence-electron chi connectivity index (χ3n) is 2.69. The number of ether oxygens (including phenoxy) is 1. The van der Waals surface area contributed by atoms with Crippen LogP contribution in [-0.2, 0) is 0 Å². The fourth-order valence-electron chi connectivity index (χ4n) is 1.76. The quantitative estimate of drug-likeness (QED) is 0.835. The molecular formula is C14H14ClNO. The molecule has 0 aliphatic rings. The second kappa shape index (κ2) is 5.71. The van der Waals surface area contributed by atoms with E-state index in [4.69, 9.17) is 16.5 Å². The Morgan fingerprint density at radius 3 is 2.06 bits per heavy atom. The molecule has 0 spiro atoms. The third kappa shape index (κ3) is 2.78. The van der Waals surface area contributed by atoms with Gasteiger partial charge in [0.2, 0.25) is 0 Å². The van der Waals surface area contributed by atoms with Crippen molar-refractivity contribution < 1.29 is 4.74 Å². The average Bonchev–Trinajstić information content (AvgIpc) is 2.42. The topological polar surface area (TPSA) is 21.3 Å². The van der Waals surface area contributed by atoms with E-state index in [-0.39, 0.29) is 6.04 Å². The molecule has 0 saturated heterocycles. The summed E-state index contributed by atoms with van der Waals surface area (Å²) in [4.78, 5) is 2.80. The fourth-order valence-corrected chi connectivity index (χ4v) is 2.01. The summed E-state index contributed by atoms with van der Waals surface area (Å²) in [5.74, 6) is 0.843. The van der Waals surface area contributed by atoms with E-state index in [1.807, 2.05) is 54.6 Å². The van der Waals surface area contributed by atoms with Crippen LogP contribution < -0.4 is 9.57 Å². The zero-order valence-electron chi connectivity index (χ0n) is 9.56. The van der Waals surface area contributed by atoms with E-state index in [9.17, 15) is 0 Å². The molecular weight excluding hydrogens is 234 g/mol. The van der Waals surface area contributed by atoms with Gasteiger partial charge in [0.05, 0.1) is 13.2 Å². The SMILES string of the molecule is COc1ccc(C(NCl)c2ccccc2)cc1. The number of hydrogen-bond acceptors (Lipinski definition) is 2. The first kappa shape index (κ1) is 12.0. The largest absolute Gasteiger partial charge is 0.497 e. The van der Waals surface area contributed by atoms with Crippen LogP contribution in [0.4, 0.5) is 0 Å². The van der Waals surface area contributed by atoms with Crippen LogP contribution in [-0.4, -0.2) is 7.11 Å². The Labute approximate surface area is 106 Å². The predicted molar refractivity (Wildman–Crippen MR) is 70.3 cm³/mol. The predicted octanol–water partition coefficient (Wildman–Crippen LogP) is 3.53. The molecule has 88 valence electrons. The van der Waals surface area contributed by atoms with Gasteiger partial charge in [-0.3, -0.25) is 0 Å². The van der Waals surface area contributed by atoms with Crippen LogP contribution in [0.15, 0.2) is 54.6 Å². The molecule has 0 aliphatic heterocycles. The molecule has 0 radical (unpaired) electrons. The summed E-state index contributed by atoms with van der Waals surface area (Å²) in [6.07, 6.45) is 0. The van der Waals surface area contributed by atoms with Crippen LogP contribution in [0, 0.1) is 0 Å². The number of nitrogens with one attached hydrogen (secondary N) is 1. The summed E-state index contributed by atoms with van der Waals surface area (Å²) < 4.78 is 5.13. The van der Waals surface area contributed by atoms with Crippen molar-refractivity contribution in [2.24, 2.45) is 0 Å². The minimum Gasteiger partial charge on any atom is -0.497 e. The maximum atomic E-state index is 5.83. The van der Waals surface area contributed by atoms with Crippen molar-refractivity contribution in [2.75, 3.05) is 7.11 Å². The number of rotatable bonds is 4. The second-order valence-electron chi connectivity index (χ2n) is 3.73. The first-order valence-corrected chi connectivity index (χ1v) is 5.78. The van der Waals surface area contributed by atoms with E-state index in [1.54, 1.807) is 7.11 Å². The van der Waals surface area contributed by atoms with Crippen molar-refractivity contribution in [2.45, 2.75) is 6.04 Å². The van der Waals surface area contributed by atoms with Crippen molar-refractivity contribution in [1.82, 2.24) is 4.84 Å². The van der Waals surface area contributed by atoms with Crippen LogP contribution in [0.3, 0.4) is 0 Å². The molecule has 2 aromatic rings. The molecule has 2 rings (SSSR count). The molecule has 0 bridgehead atoms. The van der Waals surface area contributed by atoms with Gasteiger partial charge in [0.15, 0.2) is 0 Å². The summed E-state index contributed by atoms with van der Waals surface area (Å²) in [6, 6.07) is 17.9. The number of methoxy groups -OCH3 is 1. The Morgan fingerprint density at radius 1 is 0.941 bits per heavy atom. The van der Waals surface area contributed by atoms with E-state index in [2.05, 4.69) is 4.84 Å². The summed E-state index contributed by atoms with van der Waals surface area (Å²) in [7, 11) is 1.66. The number of benzene rings is 2. The van der Waals surface area contributed by atoms with Gasteiger partial charge < -0.3 is 4.74 Å². The van der Waals surface area contributed by atoms with E-state index in [1.165, 1.54) is 0 Å². The van der Waals surface area contributed by atoms with Gasteiger partial charge in [0.1, 0.15) is 5.75 Å². The maximum absolute atomic E-state index is 5.83. The molecule has 1 unspecified atom stereocenters. The Kier molecular flexibility index (Phi) is 4.02. The van der Waals surface area contributed by atoms with E-state index in [0.29, 0.717) is 0 Å². The molecule has 2 nitrogen and oxygen atoms in total. The minimum absolute atomic E-state index is 0.0104. The van der Waals surface area contributed by atoms with Gasteiger partial charge in [0.25, 0.3) is 0 Å². The minimum atomic E-state index is -0.0104. The summed E-state index contributed by atoms with van der Waals surface area (Å²) in [5.41, 5.74) is 2.24. The molecule has 2 aromatic carbocycles. The van der Waals surface area contributed by atoms with Crippen LogP contribution in [0.2, 0.25) is 0 Å². The fraction of sp³-hybridized carbons (Fsp3) is 0.143. The number of hydrogen-bond donors (Lipinski definition) is 1. The van der Waals surface area contributed by atoms with Gasteiger partial charge in [-0.15, -0.1) is 0 Å². The highest BCUT2D eigenvalue weighted by Crippen LogP contribution is 2.24. The standard InChI is InChI=1S/C14H14ClNO/c1-17-13-9-7-12(8-10-13)14(16-15)11-5-3-2-4-6-11/h2-10,14,16H,1H3. The highest BCUT2D eigenvalue weighted by molar-refractivity contribution is 6.13. The van der Waals surface area contributed by atoms with Crippen molar-refractivity contribution in [3.8, 4) is 5.75 Å². The van der Waals surface area contributed by atoms with Crippen LogP contribution in [0.25, 0.3) is 0 Å². The van der Waals surface area contributed by atoms with Crippen molar-refractivity contribution in [3.63, 3.8) is 0 Å². The highest BCUT2D eigenvalue weighted by atomic mass is 35.5. The molecule has 0 heterocycles. The average molecular weight is 248 g/mol. The third-order valence-corrected chi connectivity index (χ3v) is 2.91. The molecule has 1 atom stereocenters. The van der Waals surface area contributed by atoms with Gasteiger partial charge in [-0.25, -0.2) is 4.84 Å². The van der Waals surface area contributed by atoms with Crippen molar-refractivity contribution in [1.29, 1.82) is 0 Å². The lowest BCUT2D eigenvalue weighted by Gasteiger charge is -2.15. The first-order chi connectivity index (χ1) is 8.35. The molecule has 0 aliphatic carbocycles. The lowest BCUT2D eigenvalue weighted by atomic mass is 10.00. The molecule has 17 heavy (non-hydrogen) atoms. The van der Waals surface area contributed by atoms with Crippen LogP contribution in [0.1, 0.15) is 17.2 Å². The van der Waals surface area contributed by atoms with Gasteiger partial charge in [-0.05, 0) is 35.0 Å². The maximum Gasteiger partial charge on any atom is 0.118 e. The number of halogens is 1. The van der Waals surface area contributed by atoms with Crippen LogP contribution >= 0.6 is 11.8 Å². The zero-order chi connectivity index (χ0) is 12.1. The Bertz CT molecular complexity index is 455. The smallest absolute Gasteiger partial charge is 0.118 e. The molecule has 3 heteroatoms. The van der Waals surface area contributed by atoms with Gasteiger partial charge >= 0.3 is 0 Å². The Hall–Kier alpha value is -1.51. The second-order valence-corrected chi connectivity index (χ2v) is 3.94. The van der Waals surface area contributed by atoms with Gasteiger partial charge in [-0.2, -0.15) is 0 Å². The van der Waals surface area contributed by atoms with E-state index >= 15 is 0 Å². The molecule has 0 amide bonds. The molecule has 0 fully saturated rings. The Morgan fingerprint density at radius 2 is 1.53 bits per heavy atom. The summed E-state index contributed by atoms with van der Waals surface area (Å²) in [6.45, 7) is 0. The monoisotopic (exact) mass is 247 g/mol. The first-order valence-electron chi connectivity index (χ1n) is 5.40. The zero-order valence-corrected chi connectivity index (χ0v) is 10.3. The van der Waals surface area contributed by atoms with Crippen LogP contribution in [0.5, 0.6) is 5.75 Å².